The van der Waals surface area contributed by atoms with Crippen molar-refractivity contribution in [1.29, 1.82) is 0 Å². The molecule has 230 valence electrons. The van der Waals surface area contributed by atoms with Gasteiger partial charge in [0.2, 0.25) is 5.79 Å². The van der Waals surface area contributed by atoms with E-state index in [4.69, 9.17) is 16.2 Å². The van der Waals surface area contributed by atoms with E-state index in [0.717, 1.165) is 10.5 Å². The van der Waals surface area contributed by atoms with Gasteiger partial charge in [0, 0.05) is 18.7 Å². The number of imide groups is 1. The number of rotatable bonds is 5. The van der Waals surface area contributed by atoms with Crippen LogP contribution in [0.3, 0.4) is 0 Å². The maximum absolute atomic E-state index is 13.6. The zero-order chi connectivity index (χ0) is 31.2. The normalized spacial score (nSPS) is 29.4. The van der Waals surface area contributed by atoms with E-state index in [1.54, 1.807) is 42.5 Å². The van der Waals surface area contributed by atoms with Crippen LogP contribution < -0.4 is 31.7 Å². The molecule has 5 aliphatic heterocycles. The predicted octanol–water partition coefficient (Wildman–Crippen LogP) is -1.36. The number of urea groups is 1. The van der Waals surface area contributed by atoms with E-state index in [2.05, 4.69) is 20.6 Å². The van der Waals surface area contributed by atoms with Crippen LogP contribution in [0.1, 0.15) is 29.8 Å². The minimum absolute atomic E-state index is 0.0995. The Kier molecular flexibility index (Phi) is 5.90. The molecular formula is C29H33N9O6. The summed E-state index contributed by atoms with van der Waals surface area (Å²) in [5, 5.41) is 29.2. The number of nitrogens with two attached hydrogens (primary N) is 2. The summed E-state index contributed by atoms with van der Waals surface area (Å²) >= 11 is 0. The van der Waals surface area contributed by atoms with Crippen molar-refractivity contribution in [2.24, 2.45) is 21.5 Å². The standard InChI is InChI=1S/C29H33N9O6/c1-27(2)11-15-7-6-10-17(21(15)44-27)23(40)33-19-13-38-25(31)32-18(22-28(38,29(19,42)43)35-24(30)34-22)12-37-20(39)14-36(26(37)41)16-8-4-3-5-9-16/h3-10,18-19,22,42-43H,11-14H2,1-2H3,(H2,31,32)(H,33,40)(H3,30,34,35)/t18-,19?,22-,28-/m0/s1. The molecule has 7 rings (SSSR count). The Morgan fingerprint density at radius 1 is 1.11 bits per heavy atom. The Morgan fingerprint density at radius 3 is 2.61 bits per heavy atom. The first-order valence-corrected chi connectivity index (χ1v) is 14.3. The fourth-order valence-electron chi connectivity index (χ4n) is 6.98. The molecule has 44 heavy (non-hydrogen) atoms. The first-order valence-electron chi connectivity index (χ1n) is 14.3. The van der Waals surface area contributed by atoms with Crippen LogP contribution in [0.25, 0.3) is 0 Å². The number of carbonyl (C=O) groups is 3. The SMILES string of the molecule is CC1(C)Cc2cccc(C(=O)NC3CN4C(N)=N[C@@H](CN5C(=O)CN(c6ccccc6)C5=O)[C@@H]5N=C(N)N[C@@]54C3(O)O)c2O1. The Hall–Kier alpha value is -4.89. The number of aliphatic imine (C=N–C) groups is 2. The van der Waals surface area contributed by atoms with Gasteiger partial charge >= 0.3 is 6.03 Å². The fourth-order valence-corrected chi connectivity index (χ4v) is 6.98. The molecule has 2 saturated heterocycles. The number of anilines is 1. The molecule has 0 radical (unpaired) electrons. The summed E-state index contributed by atoms with van der Waals surface area (Å²) in [5.41, 5.74) is 11.8. The van der Waals surface area contributed by atoms with E-state index in [-0.39, 0.29) is 37.1 Å². The highest BCUT2D eigenvalue weighted by Crippen LogP contribution is 2.45. The van der Waals surface area contributed by atoms with E-state index >= 15 is 0 Å². The molecule has 4 amide bonds. The van der Waals surface area contributed by atoms with Gasteiger partial charge in [-0.2, -0.15) is 0 Å². The smallest absolute Gasteiger partial charge is 0.331 e. The number of nitrogens with zero attached hydrogens (tertiary/aromatic N) is 5. The van der Waals surface area contributed by atoms with Gasteiger partial charge in [-0.15, -0.1) is 0 Å². The molecule has 4 atom stereocenters. The number of aliphatic hydroxyl groups is 2. The van der Waals surface area contributed by atoms with Crippen LogP contribution in [0.15, 0.2) is 58.5 Å². The van der Waals surface area contributed by atoms with Crippen molar-refractivity contribution in [3.63, 3.8) is 0 Å². The molecule has 8 N–H and O–H groups in total. The number of fused-ring (bicyclic) bond motifs is 1. The lowest BCUT2D eigenvalue weighted by Gasteiger charge is -2.49. The Bertz CT molecular complexity index is 1640. The maximum atomic E-state index is 13.6. The fraction of sp³-hybridized carbons (Fsp3) is 0.414. The second-order valence-electron chi connectivity index (χ2n) is 12.3. The molecule has 0 aromatic heterocycles. The van der Waals surface area contributed by atoms with E-state index in [1.807, 2.05) is 19.9 Å². The highest BCUT2D eigenvalue weighted by atomic mass is 16.5. The maximum Gasteiger partial charge on any atom is 0.331 e. The summed E-state index contributed by atoms with van der Waals surface area (Å²) in [5.74, 6) is -3.49. The Balaban J connectivity index is 1.16. The topological polar surface area (TPSA) is 211 Å². The molecule has 0 aliphatic carbocycles. The third-order valence-electron chi connectivity index (χ3n) is 8.94. The van der Waals surface area contributed by atoms with Gasteiger partial charge in [-0.25, -0.2) is 14.8 Å². The molecule has 5 aliphatic rings. The van der Waals surface area contributed by atoms with Crippen molar-refractivity contribution in [2.75, 3.05) is 24.5 Å². The Morgan fingerprint density at radius 2 is 1.86 bits per heavy atom. The van der Waals surface area contributed by atoms with Gasteiger partial charge in [-0.1, -0.05) is 30.3 Å². The predicted molar refractivity (Wildman–Crippen MR) is 158 cm³/mol. The molecule has 0 bridgehead atoms. The second-order valence-corrected chi connectivity index (χ2v) is 12.3. The lowest BCUT2D eigenvalue weighted by atomic mass is 9.84. The first kappa shape index (κ1) is 27.9. The van der Waals surface area contributed by atoms with Gasteiger partial charge in [0.25, 0.3) is 11.8 Å². The highest BCUT2D eigenvalue weighted by Gasteiger charge is 2.73. The lowest BCUT2D eigenvalue weighted by molar-refractivity contribution is -0.230. The molecule has 1 unspecified atom stereocenters. The van der Waals surface area contributed by atoms with Crippen molar-refractivity contribution in [3.8, 4) is 5.75 Å². The second kappa shape index (κ2) is 9.30. The number of guanidine groups is 2. The number of carbonyl (C=O) groups excluding carboxylic acids is 3. The van der Waals surface area contributed by atoms with Crippen molar-refractivity contribution < 1.29 is 29.3 Å². The first-order chi connectivity index (χ1) is 20.8. The number of amides is 4. The van der Waals surface area contributed by atoms with E-state index < -0.39 is 53.0 Å². The van der Waals surface area contributed by atoms with Crippen molar-refractivity contribution in [2.45, 2.75) is 55.4 Å². The van der Waals surface area contributed by atoms with Gasteiger partial charge in [0.1, 0.15) is 30.0 Å². The highest BCUT2D eigenvalue weighted by molar-refractivity contribution is 6.12. The zero-order valence-electron chi connectivity index (χ0n) is 24.1. The van der Waals surface area contributed by atoms with Crippen molar-refractivity contribution in [1.82, 2.24) is 20.4 Å². The van der Waals surface area contributed by atoms with Crippen LogP contribution in [0.4, 0.5) is 10.5 Å². The summed E-state index contributed by atoms with van der Waals surface area (Å²) in [6.45, 7) is 3.29. The van der Waals surface area contributed by atoms with Crippen LogP contribution in [-0.2, 0) is 11.2 Å². The average Bonchev–Trinajstić information content (AvgIpc) is 3.65. The largest absolute Gasteiger partial charge is 0.486 e. The summed E-state index contributed by atoms with van der Waals surface area (Å²) in [6, 6.07) is 10.1. The molecule has 2 fully saturated rings. The average molecular weight is 604 g/mol. The van der Waals surface area contributed by atoms with Gasteiger partial charge in [-0.05, 0) is 37.6 Å². The van der Waals surface area contributed by atoms with Crippen LogP contribution in [0.2, 0.25) is 0 Å². The summed E-state index contributed by atoms with van der Waals surface area (Å²) in [7, 11) is 0. The number of ether oxygens (including phenoxy) is 1. The van der Waals surface area contributed by atoms with Crippen LogP contribution in [0.5, 0.6) is 5.75 Å². The lowest BCUT2D eigenvalue weighted by Crippen LogP contribution is -2.78. The quantitative estimate of drug-likeness (QED) is 0.175. The minimum Gasteiger partial charge on any atom is -0.486 e. The van der Waals surface area contributed by atoms with Crippen LogP contribution in [0, 0.1) is 0 Å². The third-order valence-corrected chi connectivity index (χ3v) is 8.94. The number of para-hydroxylation sites is 2. The number of hydrogen-bond donors (Lipinski definition) is 6. The molecule has 0 saturated carbocycles. The summed E-state index contributed by atoms with van der Waals surface area (Å²) in [4.78, 5) is 52.6. The number of benzene rings is 2. The molecular weight excluding hydrogens is 570 g/mol. The summed E-state index contributed by atoms with van der Waals surface area (Å²) in [6.07, 6.45) is 0.620. The third kappa shape index (κ3) is 3.92. The zero-order valence-corrected chi connectivity index (χ0v) is 24.1. The van der Waals surface area contributed by atoms with Crippen molar-refractivity contribution >= 4 is 35.5 Å². The molecule has 15 nitrogen and oxygen atoms in total. The monoisotopic (exact) mass is 603 g/mol. The molecule has 2 aromatic carbocycles. The van der Waals surface area contributed by atoms with E-state index in [9.17, 15) is 24.6 Å². The Labute approximate surface area is 252 Å². The van der Waals surface area contributed by atoms with Gasteiger partial charge in [-0.3, -0.25) is 19.4 Å². The minimum atomic E-state index is -2.69. The van der Waals surface area contributed by atoms with Gasteiger partial charge in [0.05, 0.1) is 18.2 Å². The van der Waals surface area contributed by atoms with Gasteiger partial charge in [0.15, 0.2) is 17.6 Å². The van der Waals surface area contributed by atoms with E-state index in [0.29, 0.717) is 17.9 Å². The molecule has 15 heteroatoms. The number of nitrogens with one attached hydrogen (secondary N) is 2. The summed E-state index contributed by atoms with van der Waals surface area (Å²) < 4.78 is 6.04. The molecule has 2 aromatic rings. The molecule has 1 spiro atoms. The number of hydrogen-bond acceptors (Lipinski definition) is 12. The van der Waals surface area contributed by atoms with Gasteiger partial charge < -0.3 is 42.0 Å². The van der Waals surface area contributed by atoms with Crippen LogP contribution >= 0.6 is 0 Å². The molecule has 5 heterocycles. The van der Waals surface area contributed by atoms with Crippen LogP contribution in [-0.4, -0.2) is 105 Å². The van der Waals surface area contributed by atoms with Crippen molar-refractivity contribution in [3.05, 3.63) is 59.7 Å². The van der Waals surface area contributed by atoms with E-state index in [1.165, 1.54) is 9.80 Å².